The molecule has 0 aromatic heterocycles. The Morgan fingerprint density at radius 2 is 2.07 bits per heavy atom. The first-order chi connectivity index (χ1) is 7.11. The van der Waals surface area contributed by atoms with Gasteiger partial charge in [-0.2, -0.15) is 0 Å². The second-order valence-electron chi connectivity index (χ2n) is 4.19. The predicted molar refractivity (Wildman–Crippen MR) is 58.6 cm³/mol. The molecule has 1 amide bonds. The van der Waals surface area contributed by atoms with Gasteiger partial charge in [0.2, 0.25) is 5.91 Å². The topological polar surface area (TPSA) is 49.4 Å². The highest BCUT2D eigenvalue weighted by Crippen LogP contribution is 2.04. The maximum atomic E-state index is 11.5. The molecule has 1 aliphatic heterocycles. The number of rotatable bonds is 4. The van der Waals surface area contributed by atoms with Gasteiger partial charge in [0.25, 0.3) is 0 Å². The van der Waals surface area contributed by atoms with Crippen molar-refractivity contribution in [2.45, 2.75) is 39.2 Å². The molecule has 1 fully saturated rings. The van der Waals surface area contributed by atoms with Crippen molar-refractivity contribution in [3.8, 4) is 0 Å². The maximum absolute atomic E-state index is 11.5. The zero-order chi connectivity index (χ0) is 11.3. The molecule has 15 heavy (non-hydrogen) atoms. The highest BCUT2D eigenvalue weighted by atomic mass is 16.2. The van der Waals surface area contributed by atoms with Gasteiger partial charge in [0, 0.05) is 32.0 Å². The minimum atomic E-state index is 0.0682. The summed E-state index contributed by atoms with van der Waals surface area (Å²) in [5, 5.41) is 2.92. The molecule has 0 aliphatic carbocycles. The highest BCUT2D eigenvalue weighted by molar-refractivity contribution is 5.81. The number of Topliss-reactive ketones (excluding diaryl/α,β-unsaturated/α-hetero) is 1. The van der Waals surface area contributed by atoms with Gasteiger partial charge in [-0.1, -0.05) is 6.92 Å². The van der Waals surface area contributed by atoms with Crippen molar-refractivity contribution in [1.29, 1.82) is 0 Å². The van der Waals surface area contributed by atoms with E-state index in [-0.39, 0.29) is 11.9 Å². The van der Waals surface area contributed by atoms with Crippen LogP contribution in [0, 0.1) is 0 Å². The van der Waals surface area contributed by atoms with Gasteiger partial charge in [-0.15, -0.1) is 0 Å². The second-order valence-corrected chi connectivity index (χ2v) is 4.19. The molecular weight excluding hydrogens is 192 g/mol. The standard InChI is InChI=1S/C11H20N2O2/c1-3-9(2)12-11(15)8-13-6-4-10(14)5-7-13/h9H,3-8H2,1-2H3,(H,12,15). The van der Waals surface area contributed by atoms with E-state index < -0.39 is 0 Å². The van der Waals surface area contributed by atoms with Crippen molar-refractivity contribution in [1.82, 2.24) is 10.2 Å². The molecule has 1 saturated heterocycles. The lowest BCUT2D eigenvalue weighted by atomic mass is 10.1. The third-order valence-corrected chi connectivity index (χ3v) is 2.80. The monoisotopic (exact) mass is 212 g/mol. The number of ketones is 1. The Kier molecular flexibility index (Phi) is 4.75. The van der Waals surface area contributed by atoms with Crippen molar-refractivity contribution in [3.05, 3.63) is 0 Å². The van der Waals surface area contributed by atoms with Crippen LogP contribution in [0.25, 0.3) is 0 Å². The number of carbonyl (C=O) groups is 2. The maximum Gasteiger partial charge on any atom is 0.234 e. The zero-order valence-electron chi connectivity index (χ0n) is 9.58. The zero-order valence-corrected chi connectivity index (χ0v) is 9.58. The van der Waals surface area contributed by atoms with Gasteiger partial charge in [0.05, 0.1) is 6.54 Å². The summed E-state index contributed by atoms with van der Waals surface area (Å²) in [6, 6.07) is 0.240. The van der Waals surface area contributed by atoms with Crippen molar-refractivity contribution in [2.24, 2.45) is 0 Å². The molecular formula is C11H20N2O2. The first-order valence-electron chi connectivity index (χ1n) is 5.65. The Morgan fingerprint density at radius 1 is 1.47 bits per heavy atom. The van der Waals surface area contributed by atoms with Gasteiger partial charge < -0.3 is 5.32 Å². The van der Waals surface area contributed by atoms with E-state index in [2.05, 4.69) is 5.32 Å². The third-order valence-electron chi connectivity index (χ3n) is 2.80. The van der Waals surface area contributed by atoms with Crippen LogP contribution in [-0.2, 0) is 9.59 Å². The molecule has 0 spiro atoms. The summed E-state index contributed by atoms with van der Waals surface area (Å²) in [7, 11) is 0. The summed E-state index contributed by atoms with van der Waals surface area (Å²) >= 11 is 0. The van der Waals surface area contributed by atoms with Crippen LogP contribution in [-0.4, -0.2) is 42.3 Å². The molecule has 1 rings (SSSR count). The molecule has 4 nitrogen and oxygen atoms in total. The van der Waals surface area contributed by atoms with Crippen molar-refractivity contribution < 1.29 is 9.59 Å². The van der Waals surface area contributed by atoms with Crippen LogP contribution in [0.5, 0.6) is 0 Å². The fourth-order valence-electron chi connectivity index (χ4n) is 1.59. The van der Waals surface area contributed by atoms with Crippen LogP contribution < -0.4 is 5.32 Å². The van der Waals surface area contributed by atoms with Crippen LogP contribution in [0.3, 0.4) is 0 Å². The van der Waals surface area contributed by atoms with Crippen molar-refractivity contribution in [3.63, 3.8) is 0 Å². The minimum absolute atomic E-state index is 0.0682. The Hall–Kier alpha value is -0.900. The summed E-state index contributed by atoms with van der Waals surface area (Å²) in [6.45, 7) is 5.93. The number of nitrogens with zero attached hydrogens (tertiary/aromatic N) is 1. The number of likely N-dealkylation sites (tertiary alicyclic amines) is 1. The summed E-state index contributed by atoms with van der Waals surface area (Å²) in [5.74, 6) is 0.382. The van der Waals surface area contributed by atoms with E-state index in [1.807, 2.05) is 18.7 Å². The number of nitrogens with one attached hydrogen (secondary N) is 1. The lowest BCUT2D eigenvalue weighted by Gasteiger charge is -2.25. The molecule has 0 radical (unpaired) electrons. The second kappa shape index (κ2) is 5.85. The fourth-order valence-corrected chi connectivity index (χ4v) is 1.59. The number of hydrogen-bond donors (Lipinski definition) is 1. The van der Waals surface area contributed by atoms with E-state index in [9.17, 15) is 9.59 Å². The van der Waals surface area contributed by atoms with E-state index in [1.165, 1.54) is 0 Å². The summed E-state index contributed by atoms with van der Waals surface area (Å²) < 4.78 is 0. The average molecular weight is 212 g/mol. The number of piperidine rings is 1. The summed E-state index contributed by atoms with van der Waals surface area (Å²) in [6.07, 6.45) is 2.14. The van der Waals surface area contributed by atoms with E-state index in [4.69, 9.17) is 0 Å². The molecule has 1 N–H and O–H groups in total. The van der Waals surface area contributed by atoms with Crippen molar-refractivity contribution >= 4 is 11.7 Å². The molecule has 1 unspecified atom stereocenters. The van der Waals surface area contributed by atoms with Gasteiger partial charge in [-0.05, 0) is 13.3 Å². The first-order valence-corrected chi connectivity index (χ1v) is 5.65. The molecule has 86 valence electrons. The molecule has 1 aliphatic rings. The predicted octanol–water partition coefficient (Wildman–Crippen LogP) is 0.566. The van der Waals surface area contributed by atoms with Crippen LogP contribution in [0.4, 0.5) is 0 Å². The van der Waals surface area contributed by atoms with Crippen molar-refractivity contribution in [2.75, 3.05) is 19.6 Å². The SMILES string of the molecule is CCC(C)NC(=O)CN1CCC(=O)CC1. The van der Waals surface area contributed by atoms with Gasteiger partial charge in [-0.3, -0.25) is 14.5 Å². The van der Waals surface area contributed by atoms with E-state index in [0.717, 1.165) is 19.5 Å². The molecule has 4 heteroatoms. The molecule has 0 saturated carbocycles. The van der Waals surface area contributed by atoms with Gasteiger partial charge in [0.15, 0.2) is 0 Å². The normalized spacial score (nSPS) is 20.0. The van der Waals surface area contributed by atoms with Gasteiger partial charge >= 0.3 is 0 Å². The largest absolute Gasteiger partial charge is 0.353 e. The quantitative estimate of drug-likeness (QED) is 0.741. The van der Waals surface area contributed by atoms with E-state index in [1.54, 1.807) is 0 Å². The van der Waals surface area contributed by atoms with Gasteiger partial charge in [0.1, 0.15) is 5.78 Å². The molecule has 0 aromatic rings. The van der Waals surface area contributed by atoms with Gasteiger partial charge in [-0.25, -0.2) is 0 Å². The van der Waals surface area contributed by atoms with E-state index in [0.29, 0.717) is 25.2 Å². The Morgan fingerprint density at radius 3 is 2.60 bits per heavy atom. The summed E-state index contributed by atoms with van der Waals surface area (Å²) in [5.41, 5.74) is 0. The van der Waals surface area contributed by atoms with Crippen LogP contribution in [0.2, 0.25) is 0 Å². The van der Waals surface area contributed by atoms with E-state index >= 15 is 0 Å². The van der Waals surface area contributed by atoms with Crippen LogP contribution in [0.15, 0.2) is 0 Å². The molecule has 0 bridgehead atoms. The average Bonchev–Trinajstić information content (AvgIpc) is 2.21. The lowest BCUT2D eigenvalue weighted by Crippen LogP contribution is -2.43. The number of carbonyl (C=O) groups excluding carboxylic acids is 2. The summed E-state index contributed by atoms with van der Waals surface area (Å²) in [4.78, 5) is 24.6. The smallest absolute Gasteiger partial charge is 0.234 e. The Balaban J connectivity index is 2.23. The number of amides is 1. The van der Waals surface area contributed by atoms with Crippen LogP contribution >= 0.6 is 0 Å². The molecule has 1 heterocycles. The van der Waals surface area contributed by atoms with Crippen LogP contribution in [0.1, 0.15) is 33.1 Å². The third kappa shape index (κ3) is 4.42. The Labute approximate surface area is 91.0 Å². The highest BCUT2D eigenvalue weighted by Gasteiger charge is 2.18. The minimum Gasteiger partial charge on any atom is -0.353 e. The number of hydrogen-bond acceptors (Lipinski definition) is 3. The Bertz CT molecular complexity index is 231. The first kappa shape index (κ1) is 12.2. The molecule has 1 atom stereocenters. The fraction of sp³-hybridized carbons (Fsp3) is 0.818. The lowest BCUT2D eigenvalue weighted by molar-refractivity contribution is -0.126. The molecule has 0 aromatic carbocycles.